The second-order valence-electron chi connectivity index (χ2n) is 6.29. The molecule has 0 radical (unpaired) electrons. The van der Waals surface area contributed by atoms with Crippen molar-refractivity contribution in [1.29, 1.82) is 0 Å². The monoisotopic (exact) mass is 377 g/mol. The summed E-state index contributed by atoms with van der Waals surface area (Å²) in [6.45, 7) is 1.10. The molecule has 6 heteroatoms. The molecule has 0 aliphatic heterocycles. The lowest BCUT2D eigenvalue weighted by Gasteiger charge is -2.09. The van der Waals surface area contributed by atoms with Gasteiger partial charge in [0.25, 0.3) is 11.5 Å². The maximum atomic E-state index is 12.3. The smallest absolute Gasteiger partial charge is 0.271 e. The van der Waals surface area contributed by atoms with Crippen LogP contribution in [-0.4, -0.2) is 28.8 Å². The minimum absolute atomic E-state index is 0.221. The maximum absolute atomic E-state index is 12.3. The van der Waals surface area contributed by atoms with Crippen molar-refractivity contribution in [2.75, 3.05) is 13.2 Å². The molecule has 1 aromatic heterocycles. The van der Waals surface area contributed by atoms with Gasteiger partial charge in [-0.1, -0.05) is 48.5 Å². The highest BCUT2D eigenvalue weighted by atomic mass is 16.5. The van der Waals surface area contributed by atoms with E-state index in [-0.39, 0.29) is 23.7 Å². The number of aryl methyl sites for hydroxylation is 1. The predicted molar refractivity (Wildman–Crippen MR) is 108 cm³/mol. The first kappa shape index (κ1) is 19.4. The van der Waals surface area contributed by atoms with Crippen molar-refractivity contribution in [2.24, 2.45) is 0 Å². The summed E-state index contributed by atoms with van der Waals surface area (Å²) in [6, 6.07) is 22.3. The van der Waals surface area contributed by atoms with Crippen LogP contribution in [0.1, 0.15) is 22.5 Å². The molecule has 0 bridgehead atoms. The molecule has 0 saturated carbocycles. The second kappa shape index (κ2) is 10.1. The zero-order valence-electron chi connectivity index (χ0n) is 15.6. The van der Waals surface area contributed by atoms with Gasteiger partial charge in [0.05, 0.1) is 6.54 Å². The van der Waals surface area contributed by atoms with Gasteiger partial charge in [-0.05, 0) is 36.6 Å². The van der Waals surface area contributed by atoms with E-state index in [2.05, 4.69) is 22.5 Å². The number of para-hydroxylation sites is 1. The molecular weight excluding hydrogens is 354 g/mol. The van der Waals surface area contributed by atoms with E-state index in [0.29, 0.717) is 13.2 Å². The zero-order valence-corrected chi connectivity index (χ0v) is 15.6. The topological polar surface area (TPSA) is 73.2 Å². The molecule has 1 heterocycles. The highest BCUT2D eigenvalue weighted by molar-refractivity contribution is 5.91. The summed E-state index contributed by atoms with van der Waals surface area (Å²) >= 11 is 0. The van der Waals surface area contributed by atoms with Gasteiger partial charge in [-0.15, -0.1) is 0 Å². The van der Waals surface area contributed by atoms with Crippen LogP contribution in [-0.2, 0) is 13.0 Å². The number of carbonyl (C=O) groups is 1. The Kier molecular flexibility index (Phi) is 6.95. The van der Waals surface area contributed by atoms with Crippen molar-refractivity contribution < 1.29 is 9.53 Å². The number of hydrogen-bond acceptors (Lipinski definition) is 4. The van der Waals surface area contributed by atoms with E-state index in [1.807, 2.05) is 48.5 Å². The van der Waals surface area contributed by atoms with Crippen LogP contribution in [0, 0.1) is 0 Å². The molecule has 0 aliphatic carbocycles. The van der Waals surface area contributed by atoms with Crippen molar-refractivity contribution in [3.8, 4) is 5.75 Å². The average Bonchev–Trinajstić information content (AvgIpc) is 2.74. The fraction of sp³-hybridized carbons (Fsp3) is 0.227. The number of ether oxygens (including phenoxy) is 1. The first-order valence-corrected chi connectivity index (χ1v) is 9.30. The van der Waals surface area contributed by atoms with Gasteiger partial charge in [-0.2, -0.15) is 5.10 Å². The number of amides is 1. The van der Waals surface area contributed by atoms with Crippen molar-refractivity contribution in [1.82, 2.24) is 15.1 Å². The van der Waals surface area contributed by atoms with Crippen LogP contribution < -0.4 is 15.6 Å². The second-order valence-corrected chi connectivity index (χ2v) is 6.29. The summed E-state index contributed by atoms with van der Waals surface area (Å²) in [5.74, 6) is 0.439. The number of hydrogen-bond donors (Lipinski definition) is 1. The van der Waals surface area contributed by atoms with Crippen LogP contribution in [0.25, 0.3) is 0 Å². The van der Waals surface area contributed by atoms with Crippen molar-refractivity contribution in [3.63, 3.8) is 0 Å². The highest BCUT2D eigenvalue weighted by Gasteiger charge is 2.09. The Morgan fingerprint density at radius 3 is 2.43 bits per heavy atom. The summed E-state index contributed by atoms with van der Waals surface area (Å²) in [5, 5.41) is 7.00. The fourth-order valence-electron chi connectivity index (χ4n) is 2.73. The first-order valence-electron chi connectivity index (χ1n) is 9.30. The highest BCUT2D eigenvalue weighted by Crippen LogP contribution is 2.07. The number of nitrogens with one attached hydrogen (secondary N) is 1. The quantitative estimate of drug-likeness (QED) is 0.582. The number of nitrogens with zero attached hydrogens (tertiary/aromatic N) is 2. The SMILES string of the molecule is O=C(NCCCc1ccccc1)c1ccc(=O)n(CCOc2ccccc2)n1. The summed E-state index contributed by atoms with van der Waals surface area (Å²) in [5.41, 5.74) is 1.19. The normalized spacial score (nSPS) is 10.4. The fourth-order valence-corrected chi connectivity index (χ4v) is 2.73. The summed E-state index contributed by atoms with van der Waals surface area (Å²) < 4.78 is 6.84. The lowest BCUT2D eigenvalue weighted by atomic mass is 10.1. The maximum Gasteiger partial charge on any atom is 0.271 e. The molecular formula is C22H23N3O3. The molecule has 3 aromatic rings. The van der Waals surface area contributed by atoms with Crippen LogP contribution in [0.2, 0.25) is 0 Å². The van der Waals surface area contributed by atoms with Gasteiger partial charge >= 0.3 is 0 Å². The van der Waals surface area contributed by atoms with Gasteiger partial charge in [-0.3, -0.25) is 9.59 Å². The first-order chi connectivity index (χ1) is 13.7. The van der Waals surface area contributed by atoms with E-state index in [9.17, 15) is 9.59 Å². The van der Waals surface area contributed by atoms with E-state index < -0.39 is 0 Å². The van der Waals surface area contributed by atoms with Gasteiger partial charge in [0, 0.05) is 12.6 Å². The molecule has 0 fully saturated rings. The minimum atomic E-state index is -0.286. The van der Waals surface area contributed by atoms with E-state index in [0.717, 1.165) is 18.6 Å². The Hall–Kier alpha value is -3.41. The summed E-state index contributed by atoms with van der Waals surface area (Å²) in [4.78, 5) is 24.3. The Bertz CT molecular complexity index is 940. The van der Waals surface area contributed by atoms with E-state index in [1.54, 1.807) is 0 Å². The third-order valence-corrected chi connectivity index (χ3v) is 4.18. The molecule has 28 heavy (non-hydrogen) atoms. The zero-order chi connectivity index (χ0) is 19.6. The van der Waals surface area contributed by atoms with Crippen LogP contribution in [0.4, 0.5) is 0 Å². The van der Waals surface area contributed by atoms with Gasteiger partial charge in [0.2, 0.25) is 0 Å². The number of benzene rings is 2. The van der Waals surface area contributed by atoms with Gasteiger partial charge in [-0.25, -0.2) is 4.68 Å². The Morgan fingerprint density at radius 2 is 1.68 bits per heavy atom. The number of aromatic nitrogens is 2. The lowest BCUT2D eigenvalue weighted by molar-refractivity contribution is 0.0945. The molecule has 144 valence electrons. The van der Waals surface area contributed by atoms with Crippen molar-refractivity contribution in [2.45, 2.75) is 19.4 Å². The summed E-state index contributed by atoms with van der Waals surface area (Å²) in [7, 11) is 0. The van der Waals surface area contributed by atoms with Gasteiger partial charge < -0.3 is 10.1 Å². The van der Waals surface area contributed by atoms with Crippen LogP contribution in [0.5, 0.6) is 5.75 Å². The third-order valence-electron chi connectivity index (χ3n) is 4.18. The lowest BCUT2D eigenvalue weighted by Crippen LogP contribution is -2.31. The molecule has 1 amide bonds. The molecule has 3 rings (SSSR count). The third kappa shape index (κ3) is 5.81. The van der Waals surface area contributed by atoms with Crippen LogP contribution in [0.15, 0.2) is 77.6 Å². The predicted octanol–water partition coefficient (Wildman–Crippen LogP) is 2.68. The Morgan fingerprint density at radius 1 is 0.964 bits per heavy atom. The summed E-state index contributed by atoms with van der Waals surface area (Å²) in [6.07, 6.45) is 1.73. The Labute approximate surface area is 163 Å². The van der Waals surface area contributed by atoms with E-state index in [1.165, 1.54) is 22.4 Å². The van der Waals surface area contributed by atoms with Gasteiger partial charge in [0.1, 0.15) is 18.1 Å². The largest absolute Gasteiger partial charge is 0.492 e. The molecule has 0 unspecified atom stereocenters. The molecule has 0 spiro atoms. The Balaban J connectivity index is 1.48. The minimum Gasteiger partial charge on any atom is -0.492 e. The van der Waals surface area contributed by atoms with E-state index in [4.69, 9.17) is 4.74 Å². The molecule has 0 atom stereocenters. The molecule has 1 N–H and O–H groups in total. The molecule has 0 saturated heterocycles. The van der Waals surface area contributed by atoms with Gasteiger partial charge in [0.15, 0.2) is 0 Å². The van der Waals surface area contributed by atoms with Crippen molar-refractivity contribution >= 4 is 5.91 Å². The van der Waals surface area contributed by atoms with E-state index >= 15 is 0 Å². The van der Waals surface area contributed by atoms with Crippen molar-refractivity contribution in [3.05, 3.63) is 94.4 Å². The number of carbonyl (C=O) groups excluding carboxylic acids is 1. The molecule has 2 aromatic carbocycles. The molecule has 0 aliphatic rings. The standard InChI is InChI=1S/C22H23N3O3/c26-21-14-13-20(22(27)23-15-7-10-18-8-3-1-4-9-18)24-25(21)16-17-28-19-11-5-2-6-12-19/h1-6,8-9,11-14H,7,10,15-17H2,(H,23,27). The molecule has 6 nitrogen and oxygen atoms in total. The van der Waals surface area contributed by atoms with Crippen LogP contribution in [0.3, 0.4) is 0 Å². The average molecular weight is 377 g/mol. The number of rotatable bonds is 9. The van der Waals surface area contributed by atoms with Crippen LogP contribution >= 0.6 is 0 Å².